The van der Waals surface area contributed by atoms with E-state index < -0.39 is 0 Å². The van der Waals surface area contributed by atoms with Gasteiger partial charge in [0.1, 0.15) is 5.69 Å². The maximum absolute atomic E-state index is 10.9. The highest BCUT2D eigenvalue weighted by atomic mass is 16.3. The molecule has 0 aliphatic rings. The van der Waals surface area contributed by atoms with Gasteiger partial charge in [-0.1, -0.05) is 60.7 Å². The van der Waals surface area contributed by atoms with Gasteiger partial charge in [0.05, 0.1) is 0 Å². The highest BCUT2D eigenvalue weighted by Crippen LogP contribution is 2.34. The molecule has 3 aromatic rings. The highest BCUT2D eigenvalue weighted by molar-refractivity contribution is 5.98. The van der Waals surface area contributed by atoms with Crippen molar-refractivity contribution in [3.63, 3.8) is 0 Å². The molecule has 0 unspecified atom stereocenters. The van der Waals surface area contributed by atoms with E-state index in [0.717, 1.165) is 21.9 Å². The normalized spacial score (nSPS) is 10.4. The molecule has 0 fully saturated rings. The lowest BCUT2D eigenvalue weighted by atomic mass is 9.97. The molecule has 3 rings (SSSR count). The molecule has 0 aliphatic carbocycles. The smallest absolute Gasteiger partial charge is 0.115 e. The van der Waals surface area contributed by atoms with Crippen molar-refractivity contribution in [2.24, 2.45) is 5.18 Å². The van der Waals surface area contributed by atoms with Crippen molar-refractivity contribution >= 4 is 16.5 Å². The van der Waals surface area contributed by atoms with Gasteiger partial charge in [0.15, 0.2) is 0 Å². The molecule has 86 valence electrons. The number of nitrogens with zero attached hydrogens (tertiary/aromatic N) is 1. The Kier molecular flexibility index (Phi) is 2.61. The molecule has 0 aliphatic heterocycles. The molecule has 2 heteroatoms. The number of benzene rings is 3. The average Bonchev–Trinajstić information content (AvgIpc) is 2.46. The summed E-state index contributed by atoms with van der Waals surface area (Å²) in [5.41, 5.74) is 2.40. The topological polar surface area (TPSA) is 29.4 Å². The van der Waals surface area contributed by atoms with Gasteiger partial charge < -0.3 is 0 Å². The fourth-order valence-electron chi connectivity index (χ4n) is 2.24. The fourth-order valence-corrected chi connectivity index (χ4v) is 2.24. The summed E-state index contributed by atoms with van der Waals surface area (Å²) in [6.07, 6.45) is 0. The van der Waals surface area contributed by atoms with Crippen LogP contribution in [0.3, 0.4) is 0 Å². The van der Waals surface area contributed by atoms with E-state index in [0.29, 0.717) is 5.69 Å². The minimum Gasteiger partial charge on any atom is -0.145 e. The predicted molar refractivity (Wildman–Crippen MR) is 74.8 cm³/mol. The van der Waals surface area contributed by atoms with Crippen molar-refractivity contribution in [3.05, 3.63) is 71.6 Å². The molecule has 0 bridgehead atoms. The molecule has 0 amide bonds. The van der Waals surface area contributed by atoms with Crippen molar-refractivity contribution in [2.45, 2.75) is 0 Å². The third-order valence-corrected chi connectivity index (χ3v) is 3.08. The number of hydrogen-bond acceptors (Lipinski definition) is 2. The van der Waals surface area contributed by atoms with E-state index in [1.165, 1.54) is 0 Å². The van der Waals surface area contributed by atoms with E-state index in [1.54, 1.807) is 6.07 Å². The van der Waals surface area contributed by atoms with Gasteiger partial charge in [-0.25, -0.2) is 0 Å². The van der Waals surface area contributed by atoms with Gasteiger partial charge in [-0.3, -0.25) is 0 Å². The molecule has 2 nitrogen and oxygen atoms in total. The summed E-state index contributed by atoms with van der Waals surface area (Å²) in [6.45, 7) is 0. The Hall–Kier alpha value is -2.48. The fraction of sp³-hybridized carbons (Fsp3) is 0. The summed E-state index contributed by atoms with van der Waals surface area (Å²) < 4.78 is 0. The van der Waals surface area contributed by atoms with E-state index in [4.69, 9.17) is 0 Å². The average molecular weight is 233 g/mol. The summed E-state index contributed by atoms with van der Waals surface area (Å²) in [6, 6.07) is 21.6. The lowest BCUT2D eigenvalue weighted by Crippen LogP contribution is -1.81. The summed E-state index contributed by atoms with van der Waals surface area (Å²) >= 11 is 0. The molecule has 0 N–H and O–H groups in total. The second-order valence-corrected chi connectivity index (χ2v) is 4.14. The molecule has 0 heterocycles. The molecule has 0 atom stereocenters. The Morgan fingerprint density at radius 2 is 1.33 bits per heavy atom. The molecule has 18 heavy (non-hydrogen) atoms. The predicted octanol–water partition coefficient (Wildman–Crippen LogP) is 4.90. The molecular formula is C16H11NO. The molecule has 0 aromatic heterocycles. The zero-order valence-electron chi connectivity index (χ0n) is 9.71. The van der Waals surface area contributed by atoms with E-state index in [-0.39, 0.29) is 0 Å². The van der Waals surface area contributed by atoms with Crippen molar-refractivity contribution in [3.8, 4) is 11.1 Å². The molecular weight excluding hydrogens is 222 g/mol. The van der Waals surface area contributed by atoms with Crippen LogP contribution in [0.4, 0.5) is 5.69 Å². The third kappa shape index (κ3) is 1.68. The van der Waals surface area contributed by atoms with Crippen LogP contribution in [-0.2, 0) is 0 Å². The van der Waals surface area contributed by atoms with Gasteiger partial charge in [-0.15, -0.1) is 4.91 Å². The van der Waals surface area contributed by atoms with Crippen LogP contribution in [0, 0.1) is 4.91 Å². The molecule has 0 spiro atoms. The third-order valence-electron chi connectivity index (χ3n) is 3.08. The molecule has 0 saturated carbocycles. The molecule has 0 saturated heterocycles. The van der Waals surface area contributed by atoms with Crippen molar-refractivity contribution in [1.29, 1.82) is 0 Å². The monoisotopic (exact) mass is 233 g/mol. The van der Waals surface area contributed by atoms with Crippen LogP contribution in [0.5, 0.6) is 0 Å². The number of nitroso groups, excluding NO2 is 1. The summed E-state index contributed by atoms with van der Waals surface area (Å²) in [5.74, 6) is 0. The van der Waals surface area contributed by atoms with Crippen LogP contribution in [0.1, 0.15) is 0 Å². The van der Waals surface area contributed by atoms with Gasteiger partial charge in [-0.2, -0.15) is 0 Å². The first-order chi connectivity index (χ1) is 8.90. The second kappa shape index (κ2) is 4.41. The van der Waals surface area contributed by atoms with Gasteiger partial charge in [0, 0.05) is 5.56 Å². The number of rotatable bonds is 2. The number of hydrogen-bond donors (Lipinski definition) is 0. The zero-order valence-corrected chi connectivity index (χ0v) is 9.71. The van der Waals surface area contributed by atoms with E-state index >= 15 is 0 Å². The highest BCUT2D eigenvalue weighted by Gasteiger charge is 2.07. The van der Waals surface area contributed by atoms with Crippen LogP contribution in [0.2, 0.25) is 0 Å². The first-order valence-corrected chi connectivity index (χ1v) is 5.80. The van der Waals surface area contributed by atoms with Crippen molar-refractivity contribution in [1.82, 2.24) is 0 Å². The Morgan fingerprint density at radius 3 is 2.22 bits per heavy atom. The molecule has 0 radical (unpaired) electrons. The summed E-state index contributed by atoms with van der Waals surface area (Å²) in [5, 5.41) is 5.40. The summed E-state index contributed by atoms with van der Waals surface area (Å²) in [4.78, 5) is 10.9. The maximum atomic E-state index is 10.9. The molecule has 3 aromatic carbocycles. The van der Waals surface area contributed by atoms with Crippen LogP contribution in [0.25, 0.3) is 21.9 Å². The standard InChI is InChI=1S/C16H11NO/c18-17-16-11-4-3-9-15(16)14-10-5-7-12-6-1-2-8-13(12)14/h1-11H. The van der Waals surface area contributed by atoms with Gasteiger partial charge in [-0.05, 0) is 27.6 Å². The SMILES string of the molecule is O=Nc1ccccc1-c1cccc2ccccc12. The Labute approximate surface area is 105 Å². The first-order valence-electron chi connectivity index (χ1n) is 5.80. The minimum atomic E-state index is 0.480. The van der Waals surface area contributed by atoms with E-state index in [9.17, 15) is 4.91 Å². The van der Waals surface area contributed by atoms with Crippen LogP contribution in [-0.4, -0.2) is 0 Å². The van der Waals surface area contributed by atoms with E-state index in [2.05, 4.69) is 23.4 Å². The van der Waals surface area contributed by atoms with Gasteiger partial charge in [0.25, 0.3) is 0 Å². The summed E-state index contributed by atoms with van der Waals surface area (Å²) in [7, 11) is 0. The maximum Gasteiger partial charge on any atom is 0.115 e. The Balaban J connectivity index is 2.35. The quantitative estimate of drug-likeness (QED) is 0.578. The van der Waals surface area contributed by atoms with Crippen LogP contribution >= 0.6 is 0 Å². The number of fused-ring (bicyclic) bond motifs is 1. The van der Waals surface area contributed by atoms with Crippen LogP contribution in [0.15, 0.2) is 71.9 Å². The minimum absolute atomic E-state index is 0.480. The van der Waals surface area contributed by atoms with E-state index in [1.807, 2.05) is 42.5 Å². The Morgan fingerprint density at radius 1 is 0.667 bits per heavy atom. The first kappa shape index (κ1) is 10.7. The lowest BCUT2D eigenvalue weighted by molar-refractivity contribution is 1.49. The Bertz CT molecular complexity index is 714. The van der Waals surface area contributed by atoms with Gasteiger partial charge in [0.2, 0.25) is 0 Å². The zero-order chi connectivity index (χ0) is 12.4. The second-order valence-electron chi connectivity index (χ2n) is 4.14. The largest absolute Gasteiger partial charge is 0.145 e. The van der Waals surface area contributed by atoms with Crippen LogP contribution < -0.4 is 0 Å². The van der Waals surface area contributed by atoms with Crippen molar-refractivity contribution < 1.29 is 0 Å². The van der Waals surface area contributed by atoms with Crippen molar-refractivity contribution in [2.75, 3.05) is 0 Å². The van der Waals surface area contributed by atoms with Gasteiger partial charge >= 0.3 is 0 Å². The lowest BCUT2D eigenvalue weighted by Gasteiger charge is -2.07.